The van der Waals surface area contributed by atoms with Gasteiger partial charge in [-0.15, -0.1) is 0 Å². The molecule has 0 radical (unpaired) electrons. The van der Waals surface area contributed by atoms with E-state index >= 15 is 0 Å². The van der Waals surface area contributed by atoms with E-state index in [4.69, 9.17) is 4.74 Å². The van der Waals surface area contributed by atoms with Crippen molar-refractivity contribution in [2.75, 3.05) is 19.7 Å². The van der Waals surface area contributed by atoms with Crippen LogP contribution in [0.5, 0.6) is 0 Å². The largest absolute Gasteiger partial charge is 0.481 e. The van der Waals surface area contributed by atoms with Crippen molar-refractivity contribution in [2.45, 2.75) is 39.5 Å². The number of carbonyl (C=O) groups is 3. The highest BCUT2D eigenvalue weighted by Crippen LogP contribution is 2.44. The van der Waals surface area contributed by atoms with E-state index < -0.39 is 23.9 Å². The molecule has 34 heavy (non-hydrogen) atoms. The van der Waals surface area contributed by atoms with Gasteiger partial charge in [0.15, 0.2) is 0 Å². The third-order valence-electron chi connectivity index (χ3n) is 6.33. The second-order valence-electron chi connectivity index (χ2n) is 9.22. The Morgan fingerprint density at radius 2 is 1.47 bits per heavy atom. The quantitative estimate of drug-likeness (QED) is 0.455. The van der Waals surface area contributed by atoms with E-state index in [1.54, 1.807) is 0 Å². The van der Waals surface area contributed by atoms with Crippen LogP contribution in [0.2, 0.25) is 0 Å². The van der Waals surface area contributed by atoms with Crippen molar-refractivity contribution in [1.29, 1.82) is 0 Å². The summed E-state index contributed by atoms with van der Waals surface area (Å²) in [6, 6.07) is 16.2. The van der Waals surface area contributed by atoms with Crippen molar-refractivity contribution in [2.24, 2.45) is 17.8 Å². The minimum Gasteiger partial charge on any atom is -0.481 e. The van der Waals surface area contributed by atoms with Gasteiger partial charge in [-0.2, -0.15) is 0 Å². The number of fused-ring (bicyclic) bond motifs is 3. The summed E-state index contributed by atoms with van der Waals surface area (Å²) < 4.78 is 5.53. The number of rotatable bonds is 11. The molecule has 3 N–H and O–H groups in total. The zero-order valence-corrected chi connectivity index (χ0v) is 20.0. The van der Waals surface area contributed by atoms with Gasteiger partial charge in [-0.25, -0.2) is 4.79 Å². The molecule has 0 heterocycles. The van der Waals surface area contributed by atoms with Gasteiger partial charge in [-0.05, 0) is 41.0 Å². The van der Waals surface area contributed by atoms with Crippen molar-refractivity contribution in [3.8, 4) is 11.1 Å². The fourth-order valence-electron chi connectivity index (χ4n) is 4.49. The minimum absolute atomic E-state index is 0.0302. The van der Waals surface area contributed by atoms with E-state index in [0.29, 0.717) is 12.8 Å². The summed E-state index contributed by atoms with van der Waals surface area (Å²) in [6.45, 7) is 6.16. The van der Waals surface area contributed by atoms with E-state index in [-0.39, 0.29) is 37.4 Å². The number of alkyl carbamates (subject to hydrolysis) is 1. The molecule has 0 bridgehead atoms. The van der Waals surface area contributed by atoms with Crippen LogP contribution in [0.3, 0.4) is 0 Å². The first-order chi connectivity index (χ1) is 16.3. The second-order valence-corrected chi connectivity index (χ2v) is 9.22. The lowest BCUT2D eigenvalue weighted by Gasteiger charge is -2.19. The number of carbonyl (C=O) groups excluding carboxylic acids is 2. The topological polar surface area (TPSA) is 105 Å². The summed E-state index contributed by atoms with van der Waals surface area (Å²) >= 11 is 0. The Morgan fingerprint density at radius 1 is 0.912 bits per heavy atom. The molecule has 2 aromatic rings. The molecular formula is C27H34N2O5. The highest BCUT2D eigenvalue weighted by molar-refractivity contribution is 5.81. The van der Waals surface area contributed by atoms with Crippen LogP contribution in [0, 0.1) is 17.8 Å². The third kappa shape index (κ3) is 6.16. The van der Waals surface area contributed by atoms with Gasteiger partial charge in [0.25, 0.3) is 0 Å². The Kier molecular flexibility index (Phi) is 8.68. The summed E-state index contributed by atoms with van der Waals surface area (Å²) in [5.41, 5.74) is 4.59. The van der Waals surface area contributed by atoms with Gasteiger partial charge in [0, 0.05) is 19.0 Å². The van der Waals surface area contributed by atoms with Gasteiger partial charge in [0.2, 0.25) is 5.91 Å². The number of carboxylic acids is 1. The number of benzene rings is 2. The molecule has 7 nitrogen and oxygen atoms in total. The molecule has 0 aromatic heterocycles. The third-order valence-corrected chi connectivity index (χ3v) is 6.33. The fourth-order valence-corrected chi connectivity index (χ4v) is 4.49. The Balaban J connectivity index is 1.50. The van der Waals surface area contributed by atoms with E-state index in [0.717, 1.165) is 22.3 Å². The molecule has 0 saturated carbocycles. The van der Waals surface area contributed by atoms with Crippen LogP contribution in [-0.4, -0.2) is 42.8 Å². The van der Waals surface area contributed by atoms with Crippen molar-refractivity contribution in [3.05, 3.63) is 59.7 Å². The Hall–Kier alpha value is -3.35. The number of amides is 2. The van der Waals surface area contributed by atoms with Gasteiger partial charge >= 0.3 is 12.1 Å². The zero-order valence-electron chi connectivity index (χ0n) is 20.0. The predicted octanol–water partition coefficient (Wildman–Crippen LogP) is 4.41. The number of nitrogens with one attached hydrogen (secondary N) is 2. The summed E-state index contributed by atoms with van der Waals surface area (Å²) in [6.07, 6.45) is 0.429. The lowest BCUT2D eigenvalue weighted by Crippen LogP contribution is -2.41. The molecule has 2 atom stereocenters. The first-order valence-electron chi connectivity index (χ1n) is 11.9. The van der Waals surface area contributed by atoms with Crippen LogP contribution >= 0.6 is 0 Å². The number of carboxylic acid groups (broad SMARTS) is 1. The lowest BCUT2D eigenvalue weighted by molar-refractivity contribution is -0.142. The Bertz CT molecular complexity index is 974. The van der Waals surface area contributed by atoms with Gasteiger partial charge in [-0.1, -0.05) is 69.3 Å². The molecule has 2 amide bonds. The lowest BCUT2D eigenvalue weighted by atomic mass is 9.96. The van der Waals surface area contributed by atoms with E-state index in [1.165, 1.54) is 0 Å². The van der Waals surface area contributed by atoms with Crippen LogP contribution in [0.4, 0.5) is 4.79 Å². The molecule has 2 unspecified atom stereocenters. The Labute approximate surface area is 200 Å². The van der Waals surface area contributed by atoms with Gasteiger partial charge in [-0.3, -0.25) is 9.59 Å². The van der Waals surface area contributed by atoms with Crippen molar-refractivity contribution < 1.29 is 24.2 Å². The molecule has 7 heteroatoms. The molecule has 1 aliphatic carbocycles. The normalized spacial score (nSPS) is 14.1. The monoisotopic (exact) mass is 466 g/mol. The minimum atomic E-state index is -0.918. The SMILES string of the molecule is CCC(CNC(=O)OCC1c2ccccc2-c2ccccc21)C(=O)NCC(CC(C)C)C(=O)O. The number of aliphatic carboxylic acids is 1. The fraction of sp³-hybridized carbons (Fsp3) is 0.444. The summed E-state index contributed by atoms with van der Waals surface area (Å²) in [5, 5.41) is 14.8. The van der Waals surface area contributed by atoms with Gasteiger partial charge < -0.3 is 20.5 Å². The van der Waals surface area contributed by atoms with Crippen LogP contribution < -0.4 is 10.6 Å². The standard InChI is InChI=1S/C27H34N2O5/c1-4-18(25(30)28-15-19(26(31)32)13-17(2)3)14-29-27(33)34-16-24-22-11-7-5-9-20(22)21-10-6-8-12-23(21)24/h5-12,17-19,24H,4,13-16H2,1-3H3,(H,28,30)(H,29,33)(H,31,32). The first kappa shape index (κ1) is 25.3. The molecular weight excluding hydrogens is 432 g/mol. The predicted molar refractivity (Wildman–Crippen MR) is 130 cm³/mol. The molecule has 182 valence electrons. The molecule has 3 rings (SSSR count). The number of hydrogen-bond donors (Lipinski definition) is 3. The summed E-state index contributed by atoms with van der Waals surface area (Å²) in [5.74, 6) is -2.09. The highest BCUT2D eigenvalue weighted by Gasteiger charge is 2.29. The summed E-state index contributed by atoms with van der Waals surface area (Å²) in [7, 11) is 0. The molecule has 2 aromatic carbocycles. The molecule has 0 aliphatic heterocycles. The van der Waals surface area contributed by atoms with E-state index in [1.807, 2.05) is 45.0 Å². The maximum Gasteiger partial charge on any atom is 0.407 e. The van der Waals surface area contributed by atoms with Crippen LogP contribution in [-0.2, 0) is 14.3 Å². The molecule has 1 aliphatic rings. The van der Waals surface area contributed by atoms with E-state index in [2.05, 4.69) is 34.9 Å². The molecule has 0 fully saturated rings. The smallest absolute Gasteiger partial charge is 0.407 e. The van der Waals surface area contributed by atoms with Crippen molar-refractivity contribution in [3.63, 3.8) is 0 Å². The van der Waals surface area contributed by atoms with Gasteiger partial charge in [0.1, 0.15) is 6.61 Å². The van der Waals surface area contributed by atoms with Crippen LogP contribution in [0.25, 0.3) is 11.1 Å². The van der Waals surface area contributed by atoms with Crippen LogP contribution in [0.1, 0.15) is 50.7 Å². The molecule has 0 spiro atoms. The highest BCUT2D eigenvalue weighted by atomic mass is 16.5. The Morgan fingerprint density at radius 3 is 2.00 bits per heavy atom. The average molecular weight is 467 g/mol. The van der Waals surface area contributed by atoms with Crippen LogP contribution in [0.15, 0.2) is 48.5 Å². The first-order valence-corrected chi connectivity index (χ1v) is 11.9. The maximum atomic E-state index is 12.5. The van der Waals surface area contributed by atoms with Crippen molar-refractivity contribution in [1.82, 2.24) is 10.6 Å². The van der Waals surface area contributed by atoms with Gasteiger partial charge in [0.05, 0.1) is 11.8 Å². The average Bonchev–Trinajstić information content (AvgIpc) is 3.14. The van der Waals surface area contributed by atoms with E-state index in [9.17, 15) is 19.5 Å². The number of ether oxygens (including phenoxy) is 1. The zero-order chi connectivity index (χ0) is 24.7. The summed E-state index contributed by atoms with van der Waals surface area (Å²) in [4.78, 5) is 36.4. The number of hydrogen-bond acceptors (Lipinski definition) is 4. The second kappa shape index (κ2) is 11.7. The molecule has 0 saturated heterocycles. The maximum absolute atomic E-state index is 12.5. The van der Waals surface area contributed by atoms with Crippen molar-refractivity contribution >= 4 is 18.0 Å².